The van der Waals surface area contributed by atoms with Gasteiger partial charge in [-0.25, -0.2) is 13.6 Å². The first-order chi connectivity index (χ1) is 12.4. The van der Waals surface area contributed by atoms with Crippen molar-refractivity contribution in [3.63, 3.8) is 0 Å². The number of nitrogens with one attached hydrogen (secondary N) is 1. The molecule has 2 aromatic carbocycles. The second-order valence-corrected chi connectivity index (χ2v) is 6.46. The van der Waals surface area contributed by atoms with E-state index < -0.39 is 6.09 Å². The smallest absolute Gasteiger partial charge is 0.411 e. The SMILES string of the molecule is CCOC(=O)Nc1c(C)cc(N2CCc3cc(F)ccc3C2)c(F)c1C. The normalized spacial score (nSPS) is 13.3. The molecule has 0 atom stereocenters. The highest BCUT2D eigenvalue weighted by atomic mass is 19.1. The van der Waals surface area contributed by atoms with E-state index in [1.807, 2.05) is 11.8 Å². The molecule has 1 heterocycles. The molecule has 1 aliphatic rings. The van der Waals surface area contributed by atoms with E-state index in [1.54, 1.807) is 32.0 Å². The van der Waals surface area contributed by atoms with Gasteiger partial charge >= 0.3 is 6.09 Å². The highest BCUT2D eigenvalue weighted by Gasteiger charge is 2.23. The summed E-state index contributed by atoms with van der Waals surface area (Å²) in [6, 6.07) is 6.47. The summed E-state index contributed by atoms with van der Waals surface area (Å²) in [7, 11) is 0. The minimum atomic E-state index is -0.597. The molecule has 1 aliphatic heterocycles. The number of anilines is 2. The van der Waals surface area contributed by atoms with Gasteiger partial charge in [0.05, 0.1) is 18.0 Å². The van der Waals surface area contributed by atoms with Crippen molar-refractivity contribution in [1.29, 1.82) is 0 Å². The summed E-state index contributed by atoms with van der Waals surface area (Å²) < 4.78 is 33.3. The molecular formula is C20H22F2N2O2. The van der Waals surface area contributed by atoms with E-state index in [-0.39, 0.29) is 18.2 Å². The van der Waals surface area contributed by atoms with E-state index in [0.29, 0.717) is 36.4 Å². The lowest BCUT2D eigenvalue weighted by Gasteiger charge is -2.32. The zero-order chi connectivity index (χ0) is 18.8. The fourth-order valence-electron chi connectivity index (χ4n) is 3.36. The standard InChI is InChI=1S/C20H22F2N2O2/c1-4-26-20(25)23-19-12(2)9-17(18(22)13(19)3)24-8-7-14-10-16(21)6-5-15(14)11-24/h5-6,9-10H,4,7-8,11H2,1-3H3,(H,23,25). The number of fused-ring (bicyclic) bond motifs is 1. The van der Waals surface area contributed by atoms with Gasteiger partial charge in [0.1, 0.15) is 5.82 Å². The molecule has 0 saturated heterocycles. The van der Waals surface area contributed by atoms with Crippen LogP contribution in [0, 0.1) is 25.5 Å². The quantitative estimate of drug-likeness (QED) is 0.862. The largest absolute Gasteiger partial charge is 0.450 e. The molecule has 0 radical (unpaired) electrons. The summed E-state index contributed by atoms with van der Waals surface area (Å²) in [5.41, 5.74) is 4.03. The number of halogens is 2. The number of benzene rings is 2. The lowest BCUT2D eigenvalue weighted by atomic mass is 9.98. The van der Waals surface area contributed by atoms with E-state index in [9.17, 15) is 9.18 Å². The van der Waals surface area contributed by atoms with Crippen molar-refractivity contribution in [2.24, 2.45) is 0 Å². The number of carbonyl (C=O) groups excluding carboxylic acids is 1. The van der Waals surface area contributed by atoms with E-state index in [1.165, 1.54) is 6.07 Å². The monoisotopic (exact) mass is 360 g/mol. The Balaban J connectivity index is 1.90. The van der Waals surface area contributed by atoms with Gasteiger partial charge in [-0.2, -0.15) is 0 Å². The number of ether oxygens (including phenoxy) is 1. The maximum Gasteiger partial charge on any atom is 0.411 e. The summed E-state index contributed by atoms with van der Waals surface area (Å²) in [5.74, 6) is -0.613. The molecule has 0 spiro atoms. The van der Waals surface area contributed by atoms with Crippen molar-refractivity contribution in [3.8, 4) is 0 Å². The number of hydrogen-bond acceptors (Lipinski definition) is 3. The molecule has 1 amide bonds. The molecule has 0 saturated carbocycles. The van der Waals surface area contributed by atoms with E-state index in [0.717, 1.165) is 16.7 Å². The van der Waals surface area contributed by atoms with Gasteiger partial charge in [-0.1, -0.05) is 6.07 Å². The third-order valence-corrected chi connectivity index (χ3v) is 4.70. The summed E-state index contributed by atoms with van der Waals surface area (Å²) in [6.07, 6.45) is 0.0627. The Morgan fingerprint density at radius 2 is 2.00 bits per heavy atom. The third kappa shape index (κ3) is 3.49. The van der Waals surface area contributed by atoms with Crippen LogP contribution in [0.5, 0.6) is 0 Å². The van der Waals surface area contributed by atoms with Crippen molar-refractivity contribution in [2.75, 3.05) is 23.4 Å². The van der Waals surface area contributed by atoms with Gasteiger partial charge in [-0.15, -0.1) is 0 Å². The molecule has 6 heteroatoms. The lowest BCUT2D eigenvalue weighted by Crippen LogP contribution is -2.31. The van der Waals surface area contributed by atoms with E-state index in [2.05, 4.69) is 5.32 Å². The third-order valence-electron chi connectivity index (χ3n) is 4.70. The first-order valence-electron chi connectivity index (χ1n) is 8.66. The van der Waals surface area contributed by atoms with Gasteiger partial charge in [0.2, 0.25) is 0 Å². The molecule has 1 N–H and O–H groups in total. The van der Waals surface area contributed by atoms with Gasteiger partial charge in [-0.05, 0) is 62.1 Å². The Labute approximate surface area is 151 Å². The van der Waals surface area contributed by atoms with Gasteiger partial charge in [0, 0.05) is 18.7 Å². The Morgan fingerprint density at radius 3 is 2.73 bits per heavy atom. The predicted molar refractivity (Wildman–Crippen MR) is 97.7 cm³/mol. The van der Waals surface area contributed by atoms with Crippen LogP contribution in [0.4, 0.5) is 25.0 Å². The summed E-state index contributed by atoms with van der Waals surface area (Å²) in [5, 5.41) is 2.61. The van der Waals surface area contributed by atoms with Gasteiger partial charge in [0.15, 0.2) is 5.82 Å². The zero-order valence-corrected chi connectivity index (χ0v) is 15.2. The molecular weight excluding hydrogens is 338 g/mol. The maximum absolute atomic E-state index is 15.0. The van der Waals surface area contributed by atoms with Crippen LogP contribution in [0.1, 0.15) is 29.2 Å². The predicted octanol–water partition coefficient (Wildman–Crippen LogP) is 4.71. The van der Waals surface area contributed by atoms with Crippen LogP contribution in [0.15, 0.2) is 24.3 Å². The fraction of sp³-hybridized carbons (Fsp3) is 0.350. The first-order valence-corrected chi connectivity index (χ1v) is 8.66. The highest BCUT2D eigenvalue weighted by Crippen LogP contribution is 2.34. The molecule has 4 nitrogen and oxygen atoms in total. The van der Waals surface area contributed by atoms with Gasteiger partial charge in [0.25, 0.3) is 0 Å². The minimum absolute atomic E-state index is 0.246. The number of hydrogen-bond donors (Lipinski definition) is 1. The van der Waals surface area contributed by atoms with Crippen molar-refractivity contribution in [3.05, 3.63) is 58.2 Å². The van der Waals surface area contributed by atoms with Gasteiger partial charge in [-0.3, -0.25) is 5.32 Å². The maximum atomic E-state index is 15.0. The Kier molecular flexibility index (Phi) is 5.11. The van der Waals surface area contributed by atoms with Crippen molar-refractivity contribution in [2.45, 2.75) is 33.7 Å². The molecule has 0 bridgehead atoms. The first kappa shape index (κ1) is 18.2. The molecule has 26 heavy (non-hydrogen) atoms. The molecule has 0 aromatic heterocycles. The van der Waals surface area contributed by atoms with Crippen LogP contribution < -0.4 is 10.2 Å². The van der Waals surface area contributed by atoms with E-state index >= 15 is 4.39 Å². The number of nitrogens with zero attached hydrogens (tertiary/aromatic N) is 1. The highest BCUT2D eigenvalue weighted by molar-refractivity contribution is 5.87. The van der Waals surface area contributed by atoms with Crippen molar-refractivity contribution in [1.82, 2.24) is 0 Å². The molecule has 138 valence electrons. The van der Waals surface area contributed by atoms with Crippen LogP contribution in [-0.2, 0) is 17.7 Å². The minimum Gasteiger partial charge on any atom is -0.450 e. The average Bonchev–Trinajstić information content (AvgIpc) is 2.61. The topological polar surface area (TPSA) is 41.6 Å². The summed E-state index contributed by atoms with van der Waals surface area (Å²) >= 11 is 0. The Hall–Kier alpha value is -2.63. The van der Waals surface area contributed by atoms with Crippen LogP contribution in [0.2, 0.25) is 0 Å². The summed E-state index contributed by atoms with van der Waals surface area (Å²) in [6.45, 7) is 6.56. The van der Waals surface area contributed by atoms with Crippen LogP contribution in [0.25, 0.3) is 0 Å². The molecule has 0 aliphatic carbocycles. The van der Waals surface area contributed by atoms with Crippen LogP contribution in [-0.4, -0.2) is 19.2 Å². The number of amides is 1. The number of rotatable bonds is 3. The van der Waals surface area contributed by atoms with Crippen LogP contribution in [0.3, 0.4) is 0 Å². The second-order valence-electron chi connectivity index (χ2n) is 6.46. The molecule has 3 rings (SSSR count). The lowest BCUT2D eigenvalue weighted by molar-refractivity contribution is 0.168. The molecule has 2 aromatic rings. The number of carbonyl (C=O) groups is 1. The molecule has 0 unspecified atom stereocenters. The average molecular weight is 360 g/mol. The second kappa shape index (κ2) is 7.32. The van der Waals surface area contributed by atoms with E-state index in [4.69, 9.17) is 4.74 Å². The molecule has 0 fully saturated rings. The fourth-order valence-corrected chi connectivity index (χ4v) is 3.36. The van der Waals surface area contributed by atoms with Crippen molar-refractivity contribution < 1.29 is 18.3 Å². The Bertz CT molecular complexity index is 852. The Morgan fingerprint density at radius 1 is 1.23 bits per heavy atom. The van der Waals surface area contributed by atoms with Crippen LogP contribution >= 0.6 is 0 Å². The van der Waals surface area contributed by atoms with Crippen molar-refractivity contribution >= 4 is 17.5 Å². The summed E-state index contributed by atoms with van der Waals surface area (Å²) in [4.78, 5) is 13.6. The zero-order valence-electron chi connectivity index (χ0n) is 15.2. The number of aryl methyl sites for hydroxylation is 1. The van der Waals surface area contributed by atoms with Gasteiger partial charge < -0.3 is 9.64 Å².